The van der Waals surface area contributed by atoms with E-state index in [2.05, 4.69) is 50.2 Å². The van der Waals surface area contributed by atoms with Crippen molar-refractivity contribution in [2.45, 2.75) is 32.2 Å². The maximum atomic E-state index is 13.1. The van der Waals surface area contributed by atoms with E-state index in [-0.39, 0.29) is 5.91 Å². The van der Waals surface area contributed by atoms with Crippen molar-refractivity contribution < 1.29 is 9.90 Å². The van der Waals surface area contributed by atoms with Gasteiger partial charge in [-0.25, -0.2) is 4.98 Å². The number of nitrogens with zero attached hydrogens (tertiary/aromatic N) is 4. The fourth-order valence-corrected chi connectivity index (χ4v) is 6.46. The van der Waals surface area contributed by atoms with Crippen LogP contribution in [0.3, 0.4) is 0 Å². The second kappa shape index (κ2) is 10.3. The summed E-state index contributed by atoms with van der Waals surface area (Å²) in [6, 6.07) is 15.7. The highest BCUT2D eigenvalue weighted by molar-refractivity contribution is 6.06. The predicted octanol–water partition coefficient (Wildman–Crippen LogP) is 4.63. The van der Waals surface area contributed by atoms with E-state index in [1.807, 2.05) is 24.3 Å². The molecule has 8 nitrogen and oxygen atoms in total. The van der Waals surface area contributed by atoms with E-state index in [4.69, 9.17) is 4.98 Å². The normalized spacial score (nSPS) is 17.7. The molecule has 3 aliphatic rings. The standard InChI is InChI=1S/C32H36N6O2/c1-36-14-16-37(17-15-36)20-21-6-9-24(10-7-21)33-32(40)23-8-11-27-28(19-23)35-31(34-27)26-18-22-4-2-12-38-13-3-5-25(29(22)38)30(26)39/h6-11,18-19,39H,2-5,12-17,20H2,1H3,(H,33,40)(H,34,35). The average Bonchev–Trinajstić information content (AvgIpc) is 3.40. The minimum Gasteiger partial charge on any atom is -0.507 e. The van der Waals surface area contributed by atoms with E-state index in [0.717, 1.165) is 99.3 Å². The van der Waals surface area contributed by atoms with Crippen LogP contribution in [-0.4, -0.2) is 77.1 Å². The van der Waals surface area contributed by atoms with Crippen molar-refractivity contribution >= 4 is 28.3 Å². The molecule has 4 heterocycles. The number of aromatic nitrogens is 2. The van der Waals surface area contributed by atoms with E-state index in [0.29, 0.717) is 17.1 Å². The second-order valence-electron chi connectivity index (χ2n) is 11.5. The van der Waals surface area contributed by atoms with E-state index < -0.39 is 0 Å². The molecule has 206 valence electrons. The van der Waals surface area contributed by atoms with Crippen molar-refractivity contribution in [3.63, 3.8) is 0 Å². The Bertz CT molecular complexity index is 1570. The zero-order chi connectivity index (χ0) is 27.2. The summed E-state index contributed by atoms with van der Waals surface area (Å²) in [5.74, 6) is 0.812. The molecule has 0 atom stereocenters. The zero-order valence-electron chi connectivity index (χ0n) is 23.0. The lowest BCUT2D eigenvalue weighted by Crippen LogP contribution is -2.43. The number of carbonyl (C=O) groups excluding carboxylic acids is 1. The summed E-state index contributed by atoms with van der Waals surface area (Å²) in [6.07, 6.45) is 4.10. The summed E-state index contributed by atoms with van der Waals surface area (Å²) < 4.78 is 0. The fourth-order valence-electron chi connectivity index (χ4n) is 6.46. The summed E-state index contributed by atoms with van der Waals surface area (Å²) in [6.45, 7) is 7.43. The molecule has 0 spiro atoms. The summed E-state index contributed by atoms with van der Waals surface area (Å²) in [5, 5.41) is 14.3. The number of hydrogen-bond donors (Lipinski definition) is 3. The van der Waals surface area contributed by atoms with Gasteiger partial charge in [-0.3, -0.25) is 9.69 Å². The highest BCUT2D eigenvalue weighted by Crippen LogP contribution is 2.45. The molecule has 3 aromatic carbocycles. The Morgan fingerprint density at radius 2 is 1.75 bits per heavy atom. The van der Waals surface area contributed by atoms with Crippen molar-refractivity contribution in [1.29, 1.82) is 0 Å². The lowest BCUT2D eigenvalue weighted by Gasteiger charge is -2.37. The Morgan fingerprint density at radius 3 is 2.55 bits per heavy atom. The van der Waals surface area contributed by atoms with Crippen molar-refractivity contribution in [3.8, 4) is 17.1 Å². The highest BCUT2D eigenvalue weighted by atomic mass is 16.3. The van der Waals surface area contributed by atoms with E-state index >= 15 is 0 Å². The number of nitrogens with one attached hydrogen (secondary N) is 2. The third-order valence-electron chi connectivity index (χ3n) is 8.71. The smallest absolute Gasteiger partial charge is 0.255 e. The molecular formula is C32H36N6O2. The summed E-state index contributed by atoms with van der Waals surface area (Å²) in [7, 11) is 2.17. The van der Waals surface area contributed by atoms with Crippen LogP contribution in [0, 0.1) is 0 Å². The Labute approximate surface area is 234 Å². The molecule has 3 N–H and O–H groups in total. The Hall–Kier alpha value is -3.88. The molecule has 0 saturated carbocycles. The molecule has 8 heteroatoms. The minimum absolute atomic E-state index is 0.161. The van der Waals surface area contributed by atoms with Gasteiger partial charge in [-0.2, -0.15) is 0 Å². The van der Waals surface area contributed by atoms with Gasteiger partial charge in [-0.05, 0) is 80.3 Å². The average molecular weight is 537 g/mol. The largest absolute Gasteiger partial charge is 0.507 e. The monoisotopic (exact) mass is 536 g/mol. The number of imidazole rings is 1. The maximum Gasteiger partial charge on any atom is 0.255 e. The van der Waals surface area contributed by atoms with Gasteiger partial charge in [0.2, 0.25) is 0 Å². The number of carbonyl (C=O) groups is 1. The Kier molecular flexibility index (Phi) is 6.44. The topological polar surface area (TPSA) is 87.7 Å². The molecule has 4 aromatic rings. The van der Waals surface area contributed by atoms with E-state index in [1.54, 1.807) is 6.07 Å². The molecule has 0 radical (unpaired) electrons. The number of phenolic OH excluding ortho intramolecular Hbond substituents is 1. The predicted molar refractivity (Wildman–Crippen MR) is 159 cm³/mol. The van der Waals surface area contributed by atoms with Gasteiger partial charge in [-0.15, -0.1) is 0 Å². The molecule has 1 saturated heterocycles. The van der Waals surface area contributed by atoms with Crippen LogP contribution < -0.4 is 10.2 Å². The number of fused-ring (bicyclic) bond motifs is 1. The van der Waals surface area contributed by atoms with Gasteiger partial charge < -0.3 is 25.2 Å². The van der Waals surface area contributed by atoms with Gasteiger partial charge in [0.05, 0.1) is 16.6 Å². The zero-order valence-corrected chi connectivity index (χ0v) is 23.0. The van der Waals surface area contributed by atoms with Crippen molar-refractivity contribution in [2.24, 2.45) is 0 Å². The number of likely N-dealkylation sites (N-methyl/N-ethyl adjacent to an activating group) is 1. The number of piperazine rings is 1. The molecule has 1 amide bonds. The number of phenols is 1. The molecule has 0 unspecified atom stereocenters. The first-order valence-electron chi connectivity index (χ1n) is 14.5. The molecule has 0 aliphatic carbocycles. The molecule has 3 aliphatic heterocycles. The SMILES string of the molecule is CN1CCN(Cc2ccc(NC(=O)c3ccc4nc(-c5cc6c7c(c5O)CCCN7CCC6)[nH]c4c3)cc2)CC1. The summed E-state index contributed by atoms with van der Waals surface area (Å²) in [4.78, 5) is 28.5. The van der Waals surface area contributed by atoms with E-state index in [1.165, 1.54) is 16.8 Å². The molecule has 1 fully saturated rings. The molecule has 0 bridgehead atoms. The van der Waals surface area contributed by atoms with Crippen LogP contribution >= 0.6 is 0 Å². The summed E-state index contributed by atoms with van der Waals surface area (Å²) >= 11 is 0. The second-order valence-corrected chi connectivity index (χ2v) is 11.5. The molecular weight excluding hydrogens is 500 g/mol. The van der Waals surface area contributed by atoms with Gasteiger partial charge in [0, 0.05) is 68.3 Å². The molecule has 7 rings (SSSR count). The van der Waals surface area contributed by atoms with Crippen molar-refractivity contribution in [1.82, 2.24) is 19.8 Å². The number of H-pyrrole nitrogens is 1. The minimum atomic E-state index is -0.161. The Morgan fingerprint density at radius 1 is 0.975 bits per heavy atom. The number of hydrogen-bond acceptors (Lipinski definition) is 6. The number of aromatic amines is 1. The van der Waals surface area contributed by atoms with Gasteiger partial charge >= 0.3 is 0 Å². The molecule has 40 heavy (non-hydrogen) atoms. The number of rotatable bonds is 5. The van der Waals surface area contributed by atoms with Crippen molar-refractivity contribution in [3.05, 3.63) is 70.8 Å². The fraction of sp³-hybridized carbons (Fsp3) is 0.375. The van der Waals surface area contributed by atoms with Crippen LogP contribution in [0.5, 0.6) is 5.75 Å². The van der Waals surface area contributed by atoms with Crippen molar-refractivity contribution in [2.75, 3.05) is 56.5 Å². The van der Waals surface area contributed by atoms with Gasteiger partial charge in [0.1, 0.15) is 11.6 Å². The quantitative estimate of drug-likeness (QED) is 0.345. The van der Waals surface area contributed by atoms with E-state index in [9.17, 15) is 9.90 Å². The Balaban J connectivity index is 1.08. The number of aryl methyl sites for hydroxylation is 1. The number of benzene rings is 3. The first kappa shape index (κ1) is 25.1. The molecule has 1 aromatic heterocycles. The first-order chi connectivity index (χ1) is 19.5. The van der Waals surface area contributed by atoms with Crippen LogP contribution in [-0.2, 0) is 19.4 Å². The van der Waals surface area contributed by atoms with Gasteiger partial charge in [-0.1, -0.05) is 12.1 Å². The van der Waals surface area contributed by atoms with Crippen LogP contribution in [0.1, 0.15) is 39.9 Å². The number of amides is 1. The number of anilines is 2. The summed E-state index contributed by atoms with van der Waals surface area (Å²) in [5.41, 5.74) is 8.46. The van der Waals surface area contributed by atoms with Crippen LogP contribution in [0.4, 0.5) is 11.4 Å². The van der Waals surface area contributed by atoms with Gasteiger partial charge in [0.15, 0.2) is 0 Å². The third kappa shape index (κ3) is 4.71. The van der Waals surface area contributed by atoms with Gasteiger partial charge in [0.25, 0.3) is 5.91 Å². The van der Waals surface area contributed by atoms with Crippen LogP contribution in [0.25, 0.3) is 22.4 Å². The van der Waals surface area contributed by atoms with Crippen LogP contribution in [0.2, 0.25) is 0 Å². The lowest BCUT2D eigenvalue weighted by molar-refractivity contribution is 0.102. The third-order valence-corrected chi connectivity index (χ3v) is 8.71. The lowest BCUT2D eigenvalue weighted by atomic mass is 9.89. The maximum absolute atomic E-state index is 13.1. The van der Waals surface area contributed by atoms with Crippen LogP contribution in [0.15, 0.2) is 48.5 Å². The first-order valence-corrected chi connectivity index (χ1v) is 14.5. The number of aromatic hydroxyl groups is 1. The highest BCUT2D eigenvalue weighted by Gasteiger charge is 2.28.